The van der Waals surface area contributed by atoms with Gasteiger partial charge in [-0.05, 0) is 12.8 Å². The van der Waals surface area contributed by atoms with Crippen LogP contribution < -0.4 is 5.73 Å². The van der Waals surface area contributed by atoms with Crippen molar-refractivity contribution in [3.05, 3.63) is 0 Å². The molecule has 0 fully saturated rings. The average Bonchev–Trinajstić information content (AvgIpc) is 2.60. The molecule has 0 aromatic carbocycles. The van der Waals surface area contributed by atoms with Gasteiger partial charge in [-0.3, -0.25) is 18.6 Å². The van der Waals surface area contributed by atoms with Crippen LogP contribution in [0.1, 0.15) is 58.8 Å². The molecule has 0 heterocycles. The summed E-state index contributed by atoms with van der Waals surface area (Å²) in [4.78, 5) is 32.9. The van der Waals surface area contributed by atoms with E-state index in [1.807, 2.05) is 13.8 Å². The lowest BCUT2D eigenvalue weighted by Crippen LogP contribution is -2.29. The largest absolute Gasteiger partial charge is 0.472 e. The topological polar surface area (TPSA) is 134 Å². The molecule has 0 rings (SSSR count). The van der Waals surface area contributed by atoms with Crippen molar-refractivity contribution < 1.29 is 37.6 Å². The smallest absolute Gasteiger partial charge is 0.462 e. The Morgan fingerprint density at radius 2 is 1.65 bits per heavy atom. The fraction of sp³-hybridized carbons (Fsp3) is 0.875. The molecule has 9 nitrogen and oxygen atoms in total. The molecule has 0 amide bonds. The third-order valence-electron chi connectivity index (χ3n) is 3.24. The summed E-state index contributed by atoms with van der Waals surface area (Å²) < 4.78 is 31.3. The zero-order chi connectivity index (χ0) is 19.8. The number of phosphoric acid groups is 1. The van der Waals surface area contributed by atoms with Gasteiger partial charge >= 0.3 is 19.8 Å². The van der Waals surface area contributed by atoms with Gasteiger partial charge in [0.05, 0.1) is 13.2 Å². The molecule has 0 spiro atoms. The Morgan fingerprint density at radius 3 is 2.27 bits per heavy atom. The minimum absolute atomic E-state index is 0.0543. The van der Waals surface area contributed by atoms with Crippen LogP contribution >= 0.6 is 7.82 Å². The molecule has 0 bridgehead atoms. The van der Waals surface area contributed by atoms with Crippen molar-refractivity contribution >= 4 is 19.8 Å². The Hall–Kier alpha value is -0.990. The number of unbranched alkanes of at least 4 members (excludes halogenated alkanes) is 3. The molecule has 0 saturated heterocycles. The molecule has 0 aromatic heterocycles. The van der Waals surface area contributed by atoms with Crippen LogP contribution in [0.3, 0.4) is 0 Å². The van der Waals surface area contributed by atoms with Crippen molar-refractivity contribution in [1.29, 1.82) is 0 Å². The van der Waals surface area contributed by atoms with Crippen molar-refractivity contribution in [2.75, 3.05) is 26.4 Å². The van der Waals surface area contributed by atoms with Gasteiger partial charge in [0.15, 0.2) is 6.10 Å². The summed E-state index contributed by atoms with van der Waals surface area (Å²) in [6.07, 6.45) is 3.57. The third kappa shape index (κ3) is 14.2. The molecule has 1 unspecified atom stereocenters. The number of nitrogens with two attached hydrogens (primary N) is 1. The first-order chi connectivity index (χ1) is 12.3. The number of esters is 2. The molecule has 0 aliphatic rings. The molecule has 154 valence electrons. The van der Waals surface area contributed by atoms with Crippen LogP contribution in [0.5, 0.6) is 0 Å². The van der Waals surface area contributed by atoms with E-state index in [0.29, 0.717) is 12.8 Å². The van der Waals surface area contributed by atoms with Crippen molar-refractivity contribution in [3.63, 3.8) is 0 Å². The third-order valence-corrected chi connectivity index (χ3v) is 4.23. The van der Waals surface area contributed by atoms with Crippen LogP contribution in [0.4, 0.5) is 0 Å². The van der Waals surface area contributed by atoms with Gasteiger partial charge < -0.3 is 20.1 Å². The maximum Gasteiger partial charge on any atom is 0.472 e. The number of hydrogen-bond donors (Lipinski definition) is 2. The van der Waals surface area contributed by atoms with E-state index in [4.69, 9.17) is 19.7 Å². The van der Waals surface area contributed by atoms with Crippen molar-refractivity contribution in [2.45, 2.75) is 64.9 Å². The predicted octanol–water partition coefficient (Wildman–Crippen LogP) is 2.30. The summed E-state index contributed by atoms with van der Waals surface area (Å²) in [5.41, 5.74) is 5.20. The number of hydrogen-bond acceptors (Lipinski definition) is 8. The van der Waals surface area contributed by atoms with Gasteiger partial charge in [0.1, 0.15) is 6.61 Å². The van der Waals surface area contributed by atoms with E-state index in [9.17, 15) is 19.0 Å². The van der Waals surface area contributed by atoms with Crippen molar-refractivity contribution in [2.24, 2.45) is 5.73 Å². The number of rotatable bonds is 16. The first-order valence-electron chi connectivity index (χ1n) is 9.01. The molecule has 10 heteroatoms. The van der Waals surface area contributed by atoms with Crippen LogP contribution in [0.2, 0.25) is 0 Å². The van der Waals surface area contributed by atoms with Gasteiger partial charge in [-0.2, -0.15) is 0 Å². The van der Waals surface area contributed by atoms with Crippen LogP contribution in [0.25, 0.3) is 0 Å². The molecule has 3 N–H and O–H groups in total. The summed E-state index contributed by atoms with van der Waals surface area (Å²) in [6.45, 7) is 3.18. The highest BCUT2D eigenvalue weighted by atomic mass is 31.2. The van der Waals surface area contributed by atoms with Gasteiger partial charge in [0, 0.05) is 19.4 Å². The molecule has 0 radical (unpaired) electrons. The second-order valence-electron chi connectivity index (χ2n) is 5.74. The highest BCUT2D eigenvalue weighted by Gasteiger charge is 2.25. The minimum Gasteiger partial charge on any atom is -0.462 e. The van der Waals surface area contributed by atoms with E-state index in [-0.39, 0.29) is 32.6 Å². The molecular formula is C16H32NO8P. The standard InChI is InChI=1S/C16H32NO8P/c1-3-5-7-9-15(18)22-12-14(25-16(19)8-6-4-2)13-24-26(20,21)23-11-10-17/h14H,3-13,17H2,1-2H3,(H,20,21)/t14-/m1/s1. The normalized spacial score (nSPS) is 14.5. The molecule has 26 heavy (non-hydrogen) atoms. The van der Waals surface area contributed by atoms with E-state index >= 15 is 0 Å². The van der Waals surface area contributed by atoms with Gasteiger partial charge in [0.25, 0.3) is 0 Å². The van der Waals surface area contributed by atoms with E-state index < -0.39 is 32.5 Å². The van der Waals surface area contributed by atoms with Gasteiger partial charge in [-0.25, -0.2) is 4.57 Å². The Morgan fingerprint density at radius 1 is 1.00 bits per heavy atom. The van der Waals surface area contributed by atoms with Crippen LogP contribution in [0.15, 0.2) is 0 Å². The van der Waals surface area contributed by atoms with Crippen LogP contribution in [-0.2, 0) is 32.7 Å². The van der Waals surface area contributed by atoms with Gasteiger partial charge in [-0.15, -0.1) is 0 Å². The Labute approximate surface area is 155 Å². The fourth-order valence-electron chi connectivity index (χ4n) is 1.84. The maximum absolute atomic E-state index is 11.8. The number of ether oxygens (including phenoxy) is 2. The molecule has 0 aromatic rings. The molecule has 2 atom stereocenters. The zero-order valence-corrected chi connectivity index (χ0v) is 16.6. The second-order valence-corrected chi connectivity index (χ2v) is 7.20. The lowest BCUT2D eigenvalue weighted by molar-refractivity contribution is -0.161. The Kier molecular flexibility index (Phi) is 14.5. The Bertz CT molecular complexity index is 446. The number of carbonyl (C=O) groups excluding carboxylic acids is 2. The molecule has 0 aliphatic carbocycles. The SMILES string of the molecule is CCCCCC(=O)OC[C@H](COP(=O)(O)OCCN)OC(=O)CCCC. The number of carbonyl (C=O) groups is 2. The lowest BCUT2D eigenvalue weighted by atomic mass is 10.2. The zero-order valence-electron chi connectivity index (χ0n) is 15.7. The maximum atomic E-state index is 11.8. The van der Waals surface area contributed by atoms with E-state index in [0.717, 1.165) is 19.3 Å². The van der Waals surface area contributed by atoms with Crippen LogP contribution in [-0.4, -0.2) is 49.3 Å². The van der Waals surface area contributed by atoms with Gasteiger partial charge in [0.2, 0.25) is 0 Å². The van der Waals surface area contributed by atoms with Gasteiger partial charge in [-0.1, -0.05) is 33.1 Å². The fourth-order valence-corrected chi connectivity index (χ4v) is 2.61. The predicted molar refractivity (Wildman–Crippen MR) is 95.3 cm³/mol. The molecular weight excluding hydrogens is 365 g/mol. The van der Waals surface area contributed by atoms with Crippen molar-refractivity contribution in [1.82, 2.24) is 0 Å². The van der Waals surface area contributed by atoms with E-state index in [2.05, 4.69) is 4.52 Å². The Balaban J connectivity index is 4.51. The monoisotopic (exact) mass is 397 g/mol. The highest BCUT2D eigenvalue weighted by Crippen LogP contribution is 2.43. The average molecular weight is 397 g/mol. The van der Waals surface area contributed by atoms with Crippen LogP contribution in [0, 0.1) is 0 Å². The summed E-state index contributed by atoms with van der Waals surface area (Å²) in [5, 5.41) is 0. The highest BCUT2D eigenvalue weighted by molar-refractivity contribution is 7.47. The first kappa shape index (κ1) is 25.0. The molecule has 0 saturated carbocycles. The van der Waals surface area contributed by atoms with Crippen molar-refractivity contribution in [3.8, 4) is 0 Å². The summed E-state index contributed by atoms with van der Waals surface area (Å²) in [7, 11) is -4.31. The summed E-state index contributed by atoms with van der Waals surface area (Å²) >= 11 is 0. The lowest BCUT2D eigenvalue weighted by Gasteiger charge is -2.19. The first-order valence-corrected chi connectivity index (χ1v) is 10.5. The van der Waals surface area contributed by atoms with E-state index in [1.165, 1.54) is 0 Å². The number of phosphoric ester groups is 1. The minimum atomic E-state index is -4.31. The quantitative estimate of drug-likeness (QED) is 0.228. The molecule has 0 aliphatic heterocycles. The summed E-state index contributed by atoms with van der Waals surface area (Å²) in [5.74, 6) is -0.905. The second kappa shape index (κ2) is 15.1. The van der Waals surface area contributed by atoms with E-state index in [1.54, 1.807) is 0 Å². The summed E-state index contributed by atoms with van der Waals surface area (Å²) in [6, 6.07) is 0.